The van der Waals surface area contributed by atoms with Crippen LogP contribution in [0.5, 0.6) is 0 Å². The largest absolute Gasteiger partial charge is 0.334 e. The van der Waals surface area contributed by atoms with Crippen LogP contribution in [0, 0.1) is 5.41 Å². The third-order valence-electron chi connectivity index (χ3n) is 4.61. The van der Waals surface area contributed by atoms with Crippen molar-refractivity contribution >= 4 is 17.2 Å². The first-order chi connectivity index (χ1) is 9.21. The molecule has 0 bridgehead atoms. The van der Waals surface area contributed by atoms with Crippen LogP contribution in [-0.4, -0.2) is 30.4 Å². The van der Waals surface area contributed by atoms with Crippen LogP contribution in [0.4, 0.5) is 0 Å². The summed E-state index contributed by atoms with van der Waals surface area (Å²) >= 11 is 1.78. The van der Waals surface area contributed by atoms with E-state index < -0.39 is 0 Å². The van der Waals surface area contributed by atoms with Gasteiger partial charge in [0, 0.05) is 16.8 Å². The van der Waals surface area contributed by atoms with Crippen molar-refractivity contribution in [3.8, 4) is 0 Å². The molecule has 4 heteroatoms. The number of rotatable bonds is 2. The lowest BCUT2D eigenvalue weighted by molar-refractivity contribution is -0.143. The predicted molar refractivity (Wildman–Crippen MR) is 78.2 cm³/mol. The fourth-order valence-electron chi connectivity index (χ4n) is 3.33. The van der Waals surface area contributed by atoms with Gasteiger partial charge in [0.1, 0.15) is 0 Å². The molecule has 1 aromatic rings. The molecule has 2 fully saturated rings. The Balaban J connectivity index is 1.78. The first kappa shape index (κ1) is 13.1. The Morgan fingerprint density at radius 2 is 2.26 bits per heavy atom. The van der Waals surface area contributed by atoms with E-state index in [9.17, 15) is 4.79 Å². The average molecular weight is 278 g/mol. The van der Waals surface area contributed by atoms with E-state index in [1.54, 1.807) is 11.3 Å². The van der Waals surface area contributed by atoms with Gasteiger partial charge in [0.25, 0.3) is 0 Å². The minimum atomic E-state index is -0.148. The number of piperidine rings is 1. The Labute approximate surface area is 119 Å². The molecule has 0 aromatic carbocycles. The molecule has 0 saturated carbocycles. The van der Waals surface area contributed by atoms with Crippen LogP contribution in [0.15, 0.2) is 17.5 Å². The van der Waals surface area contributed by atoms with E-state index in [2.05, 4.69) is 34.7 Å². The summed E-state index contributed by atoms with van der Waals surface area (Å²) in [4.78, 5) is 16.4. The number of hydrogen-bond donors (Lipinski definition) is 1. The van der Waals surface area contributed by atoms with Gasteiger partial charge in [-0.15, -0.1) is 11.3 Å². The van der Waals surface area contributed by atoms with Crippen LogP contribution < -0.4 is 5.32 Å². The summed E-state index contributed by atoms with van der Waals surface area (Å²) in [6.45, 7) is 5.03. The Kier molecular flexibility index (Phi) is 3.63. The quantitative estimate of drug-likeness (QED) is 0.902. The summed E-state index contributed by atoms with van der Waals surface area (Å²) in [5.41, 5.74) is -0.148. The SMILES string of the molecule is CC1(C(=O)N2CCCC2c2cccs2)CCNCC1. The van der Waals surface area contributed by atoms with Crippen LogP contribution in [0.25, 0.3) is 0 Å². The third-order valence-corrected chi connectivity index (χ3v) is 5.58. The molecule has 3 nitrogen and oxygen atoms in total. The molecular formula is C15H22N2OS. The zero-order chi connectivity index (χ0) is 13.3. The molecule has 2 aliphatic rings. The maximum absolute atomic E-state index is 12.9. The number of amides is 1. The highest BCUT2D eigenvalue weighted by Gasteiger charge is 2.41. The number of likely N-dealkylation sites (tertiary alicyclic amines) is 1. The molecule has 0 aliphatic carbocycles. The van der Waals surface area contributed by atoms with Gasteiger partial charge in [-0.05, 0) is 50.2 Å². The van der Waals surface area contributed by atoms with Crippen LogP contribution in [0.2, 0.25) is 0 Å². The summed E-state index contributed by atoms with van der Waals surface area (Å²) < 4.78 is 0. The molecule has 0 radical (unpaired) electrons. The van der Waals surface area contributed by atoms with E-state index in [1.807, 2.05) is 0 Å². The third kappa shape index (κ3) is 2.43. The second-order valence-corrected chi connectivity index (χ2v) is 6.96. The van der Waals surface area contributed by atoms with Crippen LogP contribution in [0.3, 0.4) is 0 Å². The highest BCUT2D eigenvalue weighted by Crippen LogP contribution is 2.39. The predicted octanol–water partition coefficient (Wildman–Crippen LogP) is 2.80. The van der Waals surface area contributed by atoms with E-state index in [1.165, 1.54) is 4.88 Å². The molecule has 0 spiro atoms. The molecule has 1 amide bonds. The van der Waals surface area contributed by atoms with E-state index >= 15 is 0 Å². The number of hydrogen-bond acceptors (Lipinski definition) is 3. The normalized spacial score (nSPS) is 26.6. The number of carbonyl (C=O) groups excluding carboxylic acids is 1. The second-order valence-electron chi connectivity index (χ2n) is 5.98. The van der Waals surface area contributed by atoms with Gasteiger partial charge in [-0.3, -0.25) is 4.79 Å². The molecule has 3 rings (SSSR count). The number of nitrogens with zero attached hydrogens (tertiary/aromatic N) is 1. The minimum absolute atomic E-state index is 0.148. The van der Waals surface area contributed by atoms with Gasteiger partial charge in [0.15, 0.2) is 0 Å². The van der Waals surface area contributed by atoms with Gasteiger partial charge in [-0.2, -0.15) is 0 Å². The maximum atomic E-state index is 12.9. The molecule has 19 heavy (non-hydrogen) atoms. The topological polar surface area (TPSA) is 32.3 Å². The number of nitrogens with one attached hydrogen (secondary N) is 1. The summed E-state index contributed by atoms with van der Waals surface area (Å²) in [5, 5.41) is 5.47. The Morgan fingerprint density at radius 1 is 1.47 bits per heavy atom. The van der Waals surface area contributed by atoms with Gasteiger partial charge >= 0.3 is 0 Å². The van der Waals surface area contributed by atoms with E-state index in [4.69, 9.17) is 0 Å². The minimum Gasteiger partial charge on any atom is -0.334 e. The van der Waals surface area contributed by atoms with Crippen molar-refractivity contribution in [1.82, 2.24) is 10.2 Å². The van der Waals surface area contributed by atoms with Crippen molar-refractivity contribution in [2.45, 2.75) is 38.6 Å². The van der Waals surface area contributed by atoms with Crippen LogP contribution in [-0.2, 0) is 4.79 Å². The zero-order valence-electron chi connectivity index (χ0n) is 11.5. The van der Waals surface area contributed by atoms with Gasteiger partial charge in [0.2, 0.25) is 5.91 Å². The average Bonchev–Trinajstić information content (AvgIpc) is 3.09. The molecule has 1 atom stereocenters. The molecule has 1 unspecified atom stereocenters. The fourth-order valence-corrected chi connectivity index (χ4v) is 4.20. The van der Waals surface area contributed by atoms with Gasteiger partial charge in [-0.1, -0.05) is 13.0 Å². The molecule has 3 heterocycles. The molecule has 2 aliphatic heterocycles. The number of carbonyl (C=O) groups is 1. The van der Waals surface area contributed by atoms with E-state index in [-0.39, 0.29) is 5.41 Å². The van der Waals surface area contributed by atoms with E-state index in [0.29, 0.717) is 11.9 Å². The van der Waals surface area contributed by atoms with Crippen molar-refractivity contribution in [1.29, 1.82) is 0 Å². The Bertz CT molecular complexity index is 437. The Hall–Kier alpha value is -0.870. The first-order valence-electron chi connectivity index (χ1n) is 7.26. The summed E-state index contributed by atoms with van der Waals surface area (Å²) in [5.74, 6) is 0.380. The Morgan fingerprint density at radius 3 is 2.95 bits per heavy atom. The van der Waals surface area contributed by atoms with E-state index in [0.717, 1.165) is 45.3 Å². The summed E-state index contributed by atoms with van der Waals surface area (Å²) in [6, 6.07) is 4.60. The lowest BCUT2D eigenvalue weighted by atomic mass is 9.79. The van der Waals surface area contributed by atoms with Crippen molar-refractivity contribution in [3.63, 3.8) is 0 Å². The zero-order valence-corrected chi connectivity index (χ0v) is 12.3. The fraction of sp³-hybridized carbons (Fsp3) is 0.667. The van der Waals surface area contributed by atoms with Crippen molar-refractivity contribution < 1.29 is 4.79 Å². The van der Waals surface area contributed by atoms with Gasteiger partial charge < -0.3 is 10.2 Å². The molecule has 1 aromatic heterocycles. The first-order valence-corrected chi connectivity index (χ1v) is 8.14. The smallest absolute Gasteiger partial charge is 0.229 e. The standard InChI is InChI=1S/C15H22N2OS/c1-15(6-8-16-9-7-15)14(18)17-10-2-4-12(17)13-5-3-11-19-13/h3,5,11-12,16H,2,4,6-10H2,1H3. The maximum Gasteiger partial charge on any atom is 0.229 e. The van der Waals surface area contributed by atoms with Crippen molar-refractivity contribution in [3.05, 3.63) is 22.4 Å². The van der Waals surface area contributed by atoms with Crippen LogP contribution >= 0.6 is 11.3 Å². The lowest BCUT2D eigenvalue weighted by Gasteiger charge is -2.38. The van der Waals surface area contributed by atoms with Crippen LogP contribution in [0.1, 0.15) is 43.5 Å². The van der Waals surface area contributed by atoms with Crippen molar-refractivity contribution in [2.75, 3.05) is 19.6 Å². The van der Waals surface area contributed by atoms with Crippen molar-refractivity contribution in [2.24, 2.45) is 5.41 Å². The molecule has 104 valence electrons. The second kappa shape index (κ2) is 5.25. The molecule has 1 N–H and O–H groups in total. The molecular weight excluding hydrogens is 256 g/mol. The molecule has 2 saturated heterocycles. The lowest BCUT2D eigenvalue weighted by Crippen LogP contribution is -2.47. The van der Waals surface area contributed by atoms with Gasteiger partial charge in [-0.25, -0.2) is 0 Å². The summed E-state index contributed by atoms with van der Waals surface area (Å²) in [7, 11) is 0. The number of thiophene rings is 1. The summed E-state index contributed by atoms with van der Waals surface area (Å²) in [6.07, 6.45) is 4.21. The highest BCUT2D eigenvalue weighted by atomic mass is 32.1. The highest BCUT2D eigenvalue weighted by molar-refractivity contribution is 7.10. The monoisotopic (exact) mass is 278 g/mol. The van der Waals surface area contributed by atoms with Gasteiger partial charge in [0.05, 0.1) is 6.04 Å².